The van der Waals surface area contributed by atoms with Crippen LogP contribution in [-0.4, -0.2) is 11.6 Å². The highest BCUT2D eigenvalue weighted by atomic mass is 16.2. The van der Waals surface area contributed by atoms with E-state index in [1.165, 1.54) is 10.8 Å². The molecule has 24 heavy (non-hydrogen) atoms. The van der Waals surface area contributed by atoms with E-state index >= 15 is 0 Å². The van der Waals surface area contributed by atoms with Gasteiger partial charge in [-0.1, -0.05) is 66.7 Å². The molecule has 0 bridgehead atoms. The number of benzene rings is 3. The Bertz CT molecular complexity index is 869. The molecule has 120 valence electrons. The van der Waals surface area contributed by atoms with Gasteiger partial charge in [0.05, 0.1) is 5.71 Å². The van der Waals surface area contributed by atoms with Gasteiger partial charge in [0.1, 0.15) is 0 Å². The van der Waals surface area contributed by atoms with E-state index in [1.54, 1.807) is 0 Å². The summed E-state index contributed by atoms with van der Waals surface area (Å²) < 4.78 is 0. The molecule has 3 rings (SSSR count). The standard InChI is InChI=1S/C21H20N2O/c1-16(19-13-12-18-9-5-6-10-20(18)15-19)22-23-21(24)14-11-17-7-3-2-4-8-17/h2-10,12-13,15H,11,14H2,1H3,(H,23,24)/b22-16-. The lowest BCUT2D eigenvalue weighted by molar-refractivity contribution is -0.121. The maximum Gasteiger partial charge on any atom is 0.240 e. The number of hydrogen-bond donors (Lipinski definition) is 1. The second-order valence-corrected chi connectivity index (χ2v) is 5.78. The van der Waals surface area contributed by atoms with Crippen LogP contribution in [0.4, 0.5) is 0 Å². The Hall–Kier alpha value is -2.94. The Morgan fingerprint density at radius 3 is 2.42 bits per heavy atom. The highest BCUT2D eigenvalue weighted by Gasteiger charge is 2.03. The van der Waals surface area contributed by atoms with Crippen molar-refractivity contribution in [2.75, 3.05) is 0 Å². The average Bonchev–Trinajstić information content (AvgIpc) is 2.65. The molecule has 0 unspecified atom stereocenters. The van der Waals surface area contributed by atoms with Gasteiger partial charge in [0.15, 0.2) is 0 Å². The first-order valence-corrected chi connectivity index (χ1v) is 8.08. The fourth-order valence-corrected chi connectivity index (χ4v) is 2.58. The van der Waals surface area contributed by atoms with Crippen molar-refractivity contribution >= 4 is 22.4 Å². The molecule has 3 aromatic rings. The summed E-state index contributed by atoms with van der Waals surface area (Å²) in [6.07, 6.45) is 1.15. The molecule has 0 saturated carbocycles. The molecule has 3 nitrogen and oxygen atoms in total. The van der Waals surface area contributed by atoms with Gasteiger partial charge < -0.3 is 0 Å². The fraction of sp³-hybridized carbons (Fsp3) is 0.143. The van der Waals surface area contributed by atoms with Gasteiger partial charge in [0, 0.05) is 6.42 Å². The van der Waals surface area contributed by atoms with E-state index < -0.39 is 0 Å². The van der Waals surface area contributed by atoms with Crippen LogP contribution in [0.3, 0.4) is 0 Å². The molecule has 1 N–H and O–H groups in total. The molecule has 0 aliphatic rings. The SMILES string of the molecule is C/C(=N/NC(=O)CCc1ccccc1)c1ccc2ccccc2c1. The van der Waals surface area contributed by atoms with Crippen LogP contribution < -0.4 is 5.43 Å². The Morgan fingerprint density at radius 1 is 0.917 bits per heavy atom. The van der Waals surface area contributed by atoms with Gasteiger partial charge in [-0.15, -0.1) is 0 Å². The minimum absolute atomic E-state index is 0.0704. The number of carbonyl (C=O) groups is 1. The molecule has 0 aliphatic heterocycles. The van der Waals surface area contributed by atoms with Crippen molar-refractivity contribution in [3.05, 3.63) is 83.9 Å². The van der Waals surface area contributed by atoms with E-state index in [2.05, 4.69) is 34.8 Å². The van der Waals surface area contributed by atoms with Gasteiger partial charge in [0.25, 0.3) is 0 Å². The van der Waals surface area contributed by atoms with Crippen LogP contribution in [0.5, 0.6) is 0 Å². The van der Waals surface area contributed by atoms with Crippen molar-refractivity contribution in [1.29, 1.82) is 0 Å². The number of carbonyl (C=O) groups excluding carboxylic acids is 1. The van der Waals surface area contributed by atoms with Crippen molar-refractivity contribution in [1.82, 2.24) is 5.43 Å². The number of rotatable bonds is 5. The number of nitrogens with one attached hydrogen (secondary N) is 1. The maximum atomic E-state index is 11.9. The second-order valence-electron chi connectivity index (χ2n) is 5.78. The normalized spacial score (nSPS) is 11.5. The highest BCUT2D eigenvalue weighted by Crippen LogP contribution is 2.16. The van der Waals surface area contributed by atoms with Crippen LogP contribution in [0.1, 0.15) is 24.5 Å². The van der Waals surface area contributed by atoms with Gasteiger partial charge in [-0.05, 0) is 41.3 Å². The molecule has 0 spiro atoms. The predicted octanol–water partition coefficient (Wildman–Crippen LogP) is 4.31. The van der Waals surface area contributed by atoms with Crippen molar-refractivity contribution in [2.45, 2.75) is 19.8 Å². The fourth-order valence-electron chi connectivity index (χ4n) is 2.58. The molecule has 0 fully saturated rings. The number of aryl methyl sites for hydroxylation is 1. The minimum atomic E-state index is -0.0704. The largest absolute Gasteiger partial charge is 0.273 e. The van der Waals surface area contributed by atoms with E-state index in [0.29, 0.717) is 6.42 Å². The topological polar surface area (TPSA) is 41.5 Å². The minimum Gasteiger partial charge on any atom is -0.273 e. The summed E-state index contributed by atoms with van der Waals surface area (Å²) in [4.78, 5) is 11.9. The van der Waals surface area contributed by atoms with Crippen molar-refractivity contribution < 1.29 is 4.79 Å². The number of hydrazone groups is 1. The first-order valence-electron chi connectivity index (χ1n) is 8.08. The zero-order valence-corrected chi connectivity index (χ0v) is 13.7. The summed E-state index contributed by atoms with van der Waals surface area (Å²) in [7, 11) is 0. The predicted molar refractivity (Wildman–Crippen MR) is 99.1 cm³/mol. The quantitative estimate of drug-likeness (QED) is 0.553. The molecule has 0 aliphatic carbocycles. The van der Waals surface area contributed by atoms with Crippen LogP contribution in [0.25, 0.3) is 10.8 Å². The third kappa shape index (κ3) is 4.07. The van der Waals surface area contributed by atoms with Crippen LogP contribution in [0, 0.1) is 0 Å². The summed E-state index contributed by atoms with van der Waals surface area (Å²) in [6.45, 7) is 1.90. The smallest absolute Gasteiger partial charge is 0.240 e. The van der Waals surface area contributed by atoms with Crippen molar-refractivity contribution in [2.24, 2.45) is 5.10 Å². The van der Waals surface area contributed by atoms with E-state index in [4.69, 9.17) is 0 Å². The Kier molecular flexibility index (Phi) is 5.02. The monoisotopic (exact) mass is 316 g/mol. The second kappa shape index (κ2) is 7.55. The Morgan fingerprint density at radius 2 is 1.62 bits per heavy atom. The molecule has 3 heteroatoms. The van der Waals surface area contributed by atoms with E-state index in [-0.39, 0.29) is 5.91 Å². The molecule has 0 saturated heterocycles. The lowest BCUT2D eigenvalue weighted by Crippen LogP contribution is -2.19. The summed E-state index contributed by atoms with van der Waals surface area (Å²) >= 11 is 0. The zero-order chi connectivity index (χ0) is 16.8. The van der Waals surface area contributed by atoms with Crippen LogP contribution >= 0.6 is 0 Å². The lowest BCUT2D eigenvalue weighted by atomic mass is 10.0. The number of amides is 1. The molecular weight excluding hydrogens is 296 g/mol. The Labute approximate surface area is 142 Å². The molecular formula is C21H20N2O. The van der Waals surface area contributed by atoms with E-state index in [0.717, 1.165) is 23.3 Å². The third-order valence-corrected chi connectivity index (χ3v) is 4.00. The van der Waals surface area contributed by atoms with Gasteiger partial charge >= 0.3 is 0 Å². The van der Waals surface area contributed by atoms with Crippen LogP contribution in [0.15, 0.2) is 77.9 Å². The molecule has 0 atom stereocenters. The molecule has 0 aromatic heterocycles. The number of hydrogen-bond acceptors (Lipinski definition) is 2. The van der Waals surface area contributed by atoms with Gasteiger partial charge in [-0.25, -0.2) is 5.43 Å². The van der Waals surface area contributed by atoms with Gasteiger partial charge in [0.2, 0.25) is 5.91 Å². The molecule has 0 radical (unpaired) electrons. The summed E-state index contributed by atoms with van der Waals surface area (Å²) in [5.74, 6) is -0.0704. The average molecular weight is 316 g/mol. The van der Waals surface area contributed by atoms with Crippen molar-refractivity contribution in [3.63, 3.8) is 0 Å². The summed E-state index contributed by atoms with van der Waals surface area (Å²) in [5, 5.41) is 6.59. The summed E-state index contributed by atoms with van der Waals surface area (Å²) in [5.41, 5.74) is 5.61. The third-order valence-electron chi connectivity index (χ3n) is 4.00. The first-order chi connectivity index (χ1) is 11.7. The first kappa shape index (κ1) is 15.9. The number of fused-ring (bicyclic) bond motifs is 1. The lowest BCUT2D eigenvalue weighted by Gasteiger charge is -2.05. The van der Waals surface area contributed by atoms with Crippen LogP contribution in [0.2, 0.25) is 0 Å². The maximum absolute atomic E-state index is 11.9. The van der Waals surface area contributed by atoms with Gasteiger partial charge in [-0.3, -0.25) is 4.79 Å². The van der Waals surface area contributed by atoms with E-state index in [9.17, 15) is 4.79 Å². The Balaban J connectivity index is 1.61. The van der Waals surface area contributed by atoms with Crippen LogP contribution in [-0.2, 0) is 11.2 Å². The van der Waals surface area contributed by atoms with Crippen molar-refractivity contribution in [3.8, 4) is 0 Å². The molecule has 3 aromatic carbocycles. The van der Waals surface area contributed by atoms with E-state index in [1.807, 2.05) is 55.5 Å². The zero-order valence-electron chi connectivity index (χ0n) is 13.7. The van der Waals surface area contributed by atoms with Gasteiger partial charge in [-0.2, -0.15) is 5.10 Å². The molecule has 1 amide bonds. The summed E-state index contributed by atoms with van der Waals surface area (Å²) in [6, 6.07) is 24.4. The number of nitrogens with zero attached hydrogens (tertiary/aromatic N) is 1. The molecule has 0 heterocycles. The highest BCUT2D eigenvalue weighted by molar-refractivity contribution is 6.02.